The van der Waals surface area contributed by atoms with E-state index in [0.29, 0.717) is 5.91 Å². The van der Waals surface area contributed by atoms with Gasteiger partial charge in [0.25, 0.3) is 0 Å². The SMILES string of the molecule is CCC1(C(=O)N(C)C2CCOC2C)CCNCC1. The number of amides is 1. The molecule has 0 saturated carbocycles. The molecule has 0 aliphatic carbocycles. The minimum Gasteiger partial charge on any atom is -0.376 e. The van der Waals surface area contributed by atoms with Crippen LogP contribution in [-0.2, 0) is 9.53 Å². The monoisotopic (exact) mass is 254 g/mol. The van der Waals surface area contributed by atoms with Crippen molar-refractivity contribution in [2.45, 2.75) is 51.7 Å². The molecular weight excluding hydrogens is 228 g/mol. The van der Waals surface area contributed by atoms with Gasteiger partial charge in [0.15, 0.2) is 0 Å². The van der Waals surface area contributed by atoms with Crippen molar-refractivity contribution < 1.29 is 9.53 Å². The van der Waals surface area contributed by atoms with Crippen LogP contribution >= 0.6 is 0 Å². The lowest BCUT2D eigenvalue weighted by Gasteiger charge is -2.40. The highest BCUT2D eigenvalue weighted by atomic mass is 16.5. The first kappa shape index (κ1) is 13.8. The summed E-state index contributed by atoms with van der Waals surface area (Å²) in [6.45, 7) is 6.92. The quantitative estimate of drug-likeness (QED) is 0.828. The normalized spacial score (nSPS) is 31.3. The van der Waals surface area contributed by atoms with E-state index in [2.05, 4.69) is 19.2 Å². The second kappa shape index (κ2) is 5.57. The first-order chi connectivity index (χ1) is 8.60. The molecule has 104 valence electrons. The average Bonchev–Trinajstić information content (AvgIpc) is 2.84. The maximum absolute atomic E-state index is 12.8. The van der Waals surface area contributed by atoms with E-state index in [0.717, 1.165) is 45.4 Å². The van der Waals surface area contributed by atoms with Crippen molar-refractivity contribution in [1.29, 1.82) is 0 Å². The van der Waals surface area contributed by atoms with Gasteiger partial charge < -0.3 is 15.0 Å². The number of hydrogen-bond acceptors (Lipinski definition) is 3. The van der Waals surface area contributed by atoms with Gasteiger partial charge in [0.05, 0.1) is 17.6 Å². The zero-order chi connectivity index (χ0) is 13.2. The molecule has 1 N–H and O–H groups in total. The lowest BCUT2D eigenvalue weighted by molar-refractivity contribution is -0.146. The zero-order valence-corrected chi connectivity index (χ0v) is 11.9. The Kier molecular flexibility index (Phi) is 4.28. The Hall–Kier alpha value is -0.610. The highest BCUT2D eigenvalue weighted by molar-refractivity contribution is 5.83. The first-order valence-electron chi connectivity index (χ1n) is 7.20. The van der Waals surface area contributed by atoms with Gasteiger partial charge in [0, 0.05) is 13.7 Å². The van der Waals surface area contributed by atoms with Gasteiger partial charge in [-0.25, -0.2) is 0 Å². The first-order valence-corrected chi connectivity index (χ1v) is 7.20. The average molecular weight is 254 g/mol. The number of nitrogens with zero attached hydrogens (tertiary/aromatic N) is 1. The highest BCUT2D eigenvalue weighted by Crippen LogP contribution is 2.36. The summed E-state index contributed by atoms with van der Waals surface area (Å²) in [4.78, 5) is 14.8. The van der Waals surface area contributed by atoms with Crippen LogP contribution in [0, 0.1) is 5.41 Å². The second-order valence-corrected chi connectivity index (χ2v) is 5.73. The number of ether oxygens (including phenoxy) is 1. The molecule has 4 nitrogen and oxygen atoms in total. The summed E-state index contributed by atoms with van der Waals surface area (Å²) in [5.74, 6) is 0.328. The number of piperidine rings is 1. The number of nitrogens with one attached hydrogen (secondary N) is 1. The molecule has 2 unspecified atom stereocenters. The van der Waals surface area contributed by atoms with E-state index in [1.54, 1.807) is 0 Å². The van der Waals surface area contributed by atoms with Crippen molar-refractivity contribution in [3.8, 4) is 0 Å². The van der Waals surface area contributed by atoms with E-state index < -0.39 is 0 Å². The van der Waals surface area contributed by atoms with Crippen molar-refractivity contribution >= 4 is 5.91 Å². The fourth-order valence-corrected chi connectivity index (χ4v) is 3.38. The van der Waals surface area contributed by atoms with Crippen LogP contribution in [0.3, 0.4) is 0 Å². The zero-order valence-electron chi connectivity index (χ0n) is 11.9. The molecule has 0 aromatic rings. The molecule has 0 aromatic carbocycles. The lowest BCUT2D eigenvalue weighted by Crippen LogP contribution is -2.52. The maximum Gasteiger partial charge on any atom is 0.228 e. The molecule has 2 aliphatic rings. The van der Waals surface area contributed by atoms with E-state index in [4.69, 9.17) is 4.74 Å². The summed E-state index contributed by atoms with van der Waals surface area (Å²) in [6.07, 6.45) is 4.03. The molecule has 2 saturated heterocycles. The van der Waals surface area contributed by atoms with Crippen LogP contribution in [-0.4, -0.2) is 49.7 Å². The number of hydrogen-bond donors (Lipinski definition) is 1. The van der Waals surface area contributed by atoms with Crippen LogP contribution in [0.5, 0.6) is 0 Å². The fourth-order valence-electron chi connectivity index (χ4n) is 3.38. The third-order valence-electron chi connectivity index (χ3n) is 4.85. The van der Waals surface area contributed by atoms with Crippen LogP contribution in [0.25, 0.3) is 0 Å². The molecule has 0 bridgehead atoms. The Morgan fingerprint density at radius 2 is 2.11 bits per heavy atom. The Morgan fingerprint density at radius 3 is 2.61 bits per heavy atom. The molecule has 2 heterocycles. The number of rotatable bonds is 3. The van der Waals surface area contributed by atoms with Crippen molar-refractivity contribution in [2.24, 2.45) is 5.41 Å². The van der Waals surface area contributed by atoms with Gasteiger partial charge in [-0.05, 0) is 45.7 Å². The minimum atomic E-state index is -0.137. The molecule has 2 atom stereocenters. The van der Waals surface area contributed by atoms with Crippen molar-refractivity contribution in [3.05, 3.63) is 0 Å². The maximum atomic E-state index is 12.8. The van der Waals surface area contributed by atoms with E-state index >= 15 is 0 Å². The van der Waals surface area contributed by atoms with E-state index in [1.807, 2.05) is 11.9 Å². The molecule has 0 spiro atoms. The molecule has 0 aromatic heterocycles. The van der Waals surface area contributed by atoms with Gasteiger partial charge in [-0.2, -0.15) is 0 Å². The fraction of sp³-hybridized carbons (Fsp3) is 0.929. The van der Waals surface area contributed by atoms with Gasteiger partial charge >= 0.3 is 0 Å². The van der Waals surface area contributed by atoms with E-state index in [1.165, 1.54) is 0 Å². The van der Waals surface area contributed by atoms with Crippen molar-refractivity contribution in [1.82, 2.24) is 10.2 Å². The standard InChI is InChI=1S/C14H26N2O2/c1-4-14(6-8-15-9-7-14)13(17)16(3)12-5-10-18-11(12)2/h11-12,15H,4-10H2,1-3H3. The van der Waals surface area contributed by atoms with E-state index in [-0.39, 0.29) is 17.6 Å². The summed E-state index contributed by atoms with van der Waals surface area (Å²) < 4.78 is 5.58. The highest BCUT2D eigenvalue weighted by Gasteiger charge is 2.42. The Bertz CT molecular complexity index is 300. The predicted molar refractivity (Wildman–Crippen MR) is 71.4 cm³/mol. The molecule has 2 fully saturated rings. The summed E-state index contributed by atoms with van der Waals surface area (Å²) in [6, 6.07) is 0.260. The second-order valence-electron chi connectivity index (χ2n) is 5.73. The van der Waals surface area contributed by atoms with Gasteiger partial charge in [0.2, 0.25) is 5.91 Å². The number of carbonyl (C=O) groups is 1. The molecule has 0 radical (unpaired) electrons. The summed E-state index contributed by atoms with van der Waals surface area (Å²) in [5.41, 5.74) is -0.137. The van der Waals surface area contributed by atoms with Gasteiger partial charge in [-0.15, -0.1) is 0 Å². The summed E-state index contributed by atoms with van der Waals surface area (Å²) >= 11 is 0. The Morgan fingerprint density at radius 1 is 1.44 bits per heavy atom. The molecule has 4 heteroatoms. The molecule has 1 amide bonds. The van der Waals surface area contributed by atoms with Crippen LogP contribution in [0.15, 0.2) is 0 Å². The van der Waals surface area contributed by atoms with Crippen LogP contribution in [0.2, 0.25) is 0 Å². The van der Waals surface area contributed by atoms with Crippen molar-refractivity contribution in [3.63, 3.8) is 0 Å². The number of likely N-dealkylation sites (N-methyl/N-ethyl adjacent to an activating group) is 1. The van der Waals surface area contributed by atoms with Crippen molar-refractivity contribution in [2.75, 3.05) is 26.7 Å². The largest absolute Gasteiger partial charge is 0.376 e. The predicted octanol–water partition coefficient (Wildman–Crippen LogP) is 1.40. The van der Waals surface area contributed by atoms with Gasteiger partial charge in [-0.1, -0.05) is 6.92 Å². The summed E-state index contributed by atoms with van der Waals surface area (Å²) in [5, 5.41) is 3.35. The van der Waals surface area contributed by atoms with E-state index in [9.17, 15) is 4.79 Å². The van der Waals surface area contributed by atoms with Gasteiger partial charge in [0.1, 0.15) is 0 Å². The molecular formula is C14H26N2O2. The third-order valence-corrected chi connectivity index (χ3v) is 4.85. The van der Waals surface area contributed by atoms with Crippen LogP contribution in [0.4, 0.5) is 0 Å². The Balaban J connectivity index is 2.08. The Labute approximate surface area is 110 Å². The van der Waals surface area contributed by atoms with Crippen LogP contribution < -0.4 is 5.32 Å². The lowest BCUT2D eigenvalue weighted by atomic mass is 9.75. The molecule has 18 heavy (non-hydrogen) atoms. The smallest absolute Gasteiger partial charge is 0.228 e. The topological polar surface area (TPSA) is 41.6 Å². The molecule has 2 rings (SSSR count). The third kappa shape index (κ3) is 2.41. The molecule has 2 aliphatic heterocycles. The van der Waals surface area contributed by atoms with Crippen LogP contribution in [0.1, 0.15) is 39.5 Å². The number of carbonyl (C=O) groups excluding carboxylic acids is 1. The summed E-state index contributed by atoms with van der Waals surface area (Å²) in [7, 11) is 1.96. The van der Waals surface area contributed by atoms with Gasteiger partial charge in [-0.3, -0.25) is 4.79 Å². The minimum absolute atomic E-state index is 0.137.